The van der Waals surface area contributed by atoms with Gasteiger partial charge in [0.2, 0.25) is 5.89 Å². The Morgan fingerprint density at radius 1 is 1.42 bits per heavy atom. The molecule has 1 atom stereocenters. The highest BCUT2D eigenvalue weighted by Crippen LogP contribution is 2.27. The number of anilines is 2. The molecule has 0 aliphatic rings. The molecule has 0 aliphatic heterocycles. The van der Waals surface area contributed by atoms with E-state index in [0.29, 0.717) is 16.9 Å². The number of benzene rings is 1. The molecule has 0 fully saturated rings. The van der Waals surface area contributed by atoms with Gasteiger partial charge in [-0.05, 0) is 47.6 Å². The second-order valence-electron chi connectivity index (χ2n) is 3.98. The van der Waals surface area contributed by atoms with Gasteiger partial charge in [0.25, 0.3) is 0 Å². The molecule has 0 bridgehead atoms. The van der Waals surface area contributed by atoms with E-state index in [4.69, 9.17) is 16.0 Å². The monoisotopic (exact) mass is 344 g/mol. The second kappa shape index (κ2) is 6.36. The Balaban J connectivity index is 2.09. The molecule has 2 aromatic rings. The SMILES string of the molecule is CCNC(C)c1nnc(Nc2ccc(Br)c(Cl)c2)o1. The van der Waals surface area contributed by atoms with Gasteiger partial charge in [-0.2, -0.15) is 0 Å². The van der Waals surface area contributed by atoms with Crippen molar-refractivity contribution in [3.8, 4) is 0 Å². The first-order chi connectivity index (χ1) is 9.10. The molecular formula is C12H14BrClN4O. The van der Waals surface area contributed by atoms with Gasteiger partial charge in [0.05, 0.1) is 11.1 Å². The Kier molecular flexibility index (Phi) is 4.79. The van der Waals surface area contributed by atoms with E-state index in [1.807, 2.05) is 26.0 Å². The van der Waals surface area contributed by atoms with Crippen LogP contribution in [0.5, 0.6) is 0 Å². The minimum Gasteiger partial charge on any atom is -0.406 e. The Morgan fingerprint density at radius 2 is 2.21 bits per heavy atom. The highest BCUT2D eigenvalue weighted by molar-refractivity contribution is 9.10. The van der Waals surface area contributed by atoms with Crippen LogP contribution in [-0.4, -0.2) is 16.7 Å². The fraction of sp³-hybridized carbons (Fsp3) is 0.333. The highest BCUT2D eigenvalue weighted by atomic mass is 79.9. The van der Waals surface area contributed by atoms with Gasteiger partial charge < -0.3 is 15.1 Å². The summed E-state index contributed by atoms with van der Waals surface area (Å²) in [5.41, 5.74) is 0.791. The Bertz CT molecular complexity index is 560. The smallest absolute Gasteiger partial charge is 0.320 e. The molecule has 0 radical (unpaired) electrons. The molecule has 2 N–H and O–H groups in total. The summed E-state index contributed by atoms with van der Waals surface area (Å²) in [6.07, 6.45) is 0. The van der Waals surface area contributed by atoms with E-state index in [-0.39, 0.29) is 6.04 Å². The molecule has 0 spiro atoms. The van der Waals surface area contributed by atoms with Gasteiger partial charge in [0, 0.05) is 10.2 Å². The average Bonchev–Trinajstić information content (AvgIpc) is 2.83. The number of nitrogens with one attached hydrogen (secondary N) is 2. The van der Waals surface area contributed by atoms with Crippen LogP contribution in [0.25, 0.3) is 0 Å². The molecule has 1 aromatic carbocycles. The third kappa shape index (κ3) is 3.68. The molecule has 1 unspecified atom stereocenters. The largest absolute Gasteiger partial charge is 0.406 e. The van der Waals surface area contributed by atoms with E-state index in [1.165, 1.54) is 0 Å². The third-order valence-corrected chi connectivity index (χ3v) is 3.72. The average molecular weight is 346 g/mol. The molecule has 0 saturated heterocycles. The van der Waals surface area contributed by atoms with Crippen LogP contribution in [0.2, 0.25) is 5.02 Å². The van der Waals surface area contributed by atoms with Crippen molar-refractivity contribution in [1.82, 2.24) is 15.5 Å². The van der Waals surface area contributed by atoms with Crippen molar-refractivity contribution in [2.75, 3.05) is 11.9 Å². The van der Waals surface area contributed by atoms with Crippen LogP contribution >= 0.6 is 27.5 Å². The maximum absolute atomic E-state index is 6.01. The summed E-state index contributed by atoms with van der Waals surface area (Å²) >= 11 is 9.35. The van der Waals surface area contributed by atoms with Crippen LogP contribution in [0.15, 0.2) is 27.1 Å². The summed E-state index contributed by atoms with van der Waals surface area (Å²) in [6, 6.07) is 5.87. The molecule has 5 nitrogen and oxygen atoms in total. The van der Waals surface area contributed by atoms with Crippen molar-refractivity contribution < 1.29 is 4.42 Å². The lowest BCUT2D eigenvalue weighted by atomic mass is 10.3. The Labute approximate surface area is 124 Å². The first-order valence-corrected chi connectivity index (χ1v) is 7.06. The summed E-state index contributed by atoms with van der Waals surface area (Å²) in [6.45, 7) is 4.84. The summed E-state index contributed by atoms with van der Waals surface area (Å²) in [7, 11) is 0. The molecule has 102 valence electrons. The number of rotatable bonds is 5. The first kappa shape index (κ1) is 14.3. The number of hydrogen-bond acceptors (Lipinski definition) is 5. The fourth-order valence-corrected chi connectivity index (χ4v) is 1.98. The molecule has 0 amide bonds. The number of hydrogen-bond donors (Lipinski definition) is 2. The van der Waals surface area contributed by atoms with Gasteiger partial charge in [-0.1, -0.05) is 23.6 Å². The zero-order chi connectivity index (χ0) is 13.8. The fourth-order valence-electron chi connectivity index (χ4n) is 1.55. The summed E-state index contributed by atoms with van der Waals surface area (Å²) < 4.78 is 6.36. The van der Waals surface area contributed by atoms with Crippen molar-refractivity contribution in [2.24, 2.45) is 0 Å². The molecular weight excluding hydrogens is 332 g/mol. The lowest BCUT2D eigenvalue weighted by Crippen LogP contribution is -2.17. The normalized spacial score (nSPS) is 12.4. The minimum absolute atomic E-state index is 0.0292. The number of halogens is 2. The molecule has 1 heterocycles. The predicted octanol–water partition coefficient (Wildman–Crippen LogP) is 3.90. The highest BCUT2D eigenvalue weighted by Gasteiger charge is 2.12. The summed E-state index contributed by atoms with van der Waals surface area (Å²) in [5.74, 6) is 0.549. The molecule has 19 heavy (non-hydrogen) atoms. The van der Waals surface area contributed by atoms with E-state index >= 15 is 0 Å². The van der Waals surface area contributed by atoms with Crippen molar-refractivity contribution in [1.29, 1.82) is 0 Å². The van der Waals surface area contributed by atoms with Gasteiger partial charge in [-0.25, -0.2) is 0 Å². The summed E-state index contributed by atoms with van der Waals surface area (Å²) in [5, 5.41) is 14.8. The zero-order valence-corrected chi connectivity index (χ0v) is 12.9. The summed E-state index contributed by atoms with van der Waals surface area (Å²) in [4.78, 5) is 0. The predicted molar refractivity (Wildman–Crippen MR) is 78.8 cm³/mol. The number of aromatic nitrogens is 2. The van der Waals surface area contributed by atoms with Crippen molar-refractivity contribution in [2.45, 2.75) is 19.9 Å². The number of nitrogens with zero attached hydrogens (tertiary/aromatic N) is 2. The Hall–Kier alpha value is -1.11. The second-order valence-corrected chi connectivity index (χ2v) is 5.24. The van der Waals surface area contributed by atoms with Crippen LogP contribution in [0.4, 0.5) is 11.7 Å². The van der Waals surface area contributed by atoms with Crippen molar-refractivity contribution >= 4 is 39.2 Å². The van der Waals surface area contributed by atoms with Gasteiger partial charge in [0.1, 0.15) is 0 Å². The van der Waals surface area contributed by atoms with Gasteiger partial charge in [-0.15, -0.1) is 5.10 Å². The quantitative estimate of drug-likeness (QED) is 0.860. The van der Waals surface area contributed by atoms with Gasteiger partial charge in [0.15, 0.2) is 0 Å². The van der Waals surface area contributed by atoms with E-state index in [0.717, 1.165) is 16.7 Å². The van der Waals surface area contributed by atoms with E-state index in [9.17, 15) is 0 Å². The lowest BCUT2D eigenvalue weighted by molar-refractivity contribution is 0.430. The standard InChI is InChI=1S/C12H14BrClN4O/c1-3-15-7(2)11-17-18-12(19-11)16-8-4-5-9(13)10(14)6-8/h4-7,15H,3H2,1-2H3,(H,16,18). The third-order valence-electron chi connectivity index (χ3n) is 2.49. The van der Waals surface area contributed by atoms with Crippen LogP contribution in [0.3, 0.4) is 0 Å². The lowest BCUT2D eigenvalue weighted by Gasteiger charge is -2.06. The van der Waals surface area contributed by atoms with Crippen LogP contribution in [0, 0.1) is 0 Å². The Morgan fingerprint density at radius 3 is 2.89 bits per heavy atom. The van der Waals surface area contributed by atoms with Crippen molar-refractivity contribution in [3.05, 3.63) is 33.6 Å². The topological polar surface area (TPSA) is 63.0 Å². The maximum atomic E-state index is 6.01. The molecule has 0 saturated carbocycles. The van der Waals surface area contributed by atoms with Gasteiger partial charge in [-0.3, -0.25) is 0 Å². The maximum Gasteiger partial charge on any atom is 0.320 e. The first-order valence-electron chi connectivity index (χ1n) is 5.89. The van der Waals surface area contributed by atoms with E-state index in [2.05, 4.69) is 36.8 Å². The van der Waals surface area contributed by atoms with Crippen LogP contribution in [-0.2, 0) is 0 Å². The van der Waals surface area contributed by atoms with Crippen LogP contribution < -0.4 is 10.6 Å². The molecule has 1 aromatic heterocycles. The van der Waals surface area contributed by atoms with Crippen molar-refractivity contribution in [3.63, 3.8) is 0 Å². The molecule has 0 aliphatic carbocycles. The van der Waals surface area contributed by atoms with E-state index < -0.39 is 0 Å². The molecule has 7 heteroatoms. The van der Waals surface area contributed by atoms with Crippen LogP contribution in [0.1, 0.15) is 25.8 Å². The van der Waals surface area contributed by atoms with E-state index in [1.54, 1.807) is 6.07 Å². The molecule has 2 rings (SSSR count). The minimum atomic E-state index is 0.0292. The van der Waals surface area contributed by atoms with Gasteiger partial charge >= 0.3 is 6.01 Å². The zero-order valence-electron chi connectivity index (χ0n) is 10.6.